The van der Waals surface area contributed by atoms with Gasteiger partial charge in [-0.25, -0.2) is 4.79 Å². The van der Waals surface area contributed by atoms with Crippen LogP contribution in [0.4, 0.5) is 0 Å². The summed E-state index contributed by atoms with van der Waals surface area (Å²) in [7, 11) is 0. The summed E-state index contributed by atoms with van der Waals surface area (Å²) in [6.45, 7) is 3.48. The first kappa shape index (κ1) is 35.7. The zero-order chi connectivity index (χ0) is 32.3. The number of aliphatic hydroxyl groups excluding tert-OH is 3. The molecule has 8 unspecified atom stereocenters. The highest BCUT2D eigenvalue weighted by molar-refractivity contribution is 5.97. The van der Waals surface area contributed by atoms with Crippen LogP contribution in [0, 0.1) is 0 Å². The van der Waals surface area contributed by atoms with Crippen LogP contribution in [0.1, 0.15) is 32.8 Å². The number of amides is 5. The Morgan fingerprint density at radius 2 is 1.19 bits per heavy atom. The molecule has 13 N–H and O–H groups in total. The second kappa shape index (κ2) is 16.2. The van der Waals surface area contributed by atoms with Gasteiger partial charge >= 0.3 is 5.97 Å². The van der Waals surface area contributed by atoms with Crippen molar-refractivity contribution >= 4 is 35.5 Å². The topological polar surface area (TPSA) is 304 Å². The van der Waals surface area contributed by atoms with E-state index in [1.165, 1.54) is 31.2 Å². The Hall–Kier alpha value is -4.32. The molecular formula is C25H38N6O11. The Morgan fingerprint density at radius 1 is 0.714 bits per heavy atom. The normalized spacial score (nSPS) is 16.7. The van der Waals surface area contributed by atoms with E-state index in [2.05, 4.69) is 21.3 Å². The standard InChI is InChI=1S/C25H38N6O11/c1-10(32)18(27)23(39)30-19(11(2)33)24(40)29-16(9-17(26)36)21(37)28-15(8-13-4-6-14(35)7-5-13)22(38)31-20(12(3)34)25(41)42/h4-7,10-12,15-16,18-20,32-35H,8-9,27H2,1-3H3,(H2,26,36)(H,28,37)(H,29,40)(H,30,39)(H,31,38)(H,41,42). The molecule has 0 aromatic heterocycles. The molecular weight excluding hydrogens is 560 g/mol. The van der Waals surface area contributed by atoms with Crippen LogP contribution in [0.2, 0.25) is 0 Å². The lowest BCUT2D eigenvalue weighted by Gasteiger charge is -2.27. The summed E-state index contributed by atoms with van der Waals surface area (Å²) < 4.78 is 0. The summed E-state index contributed by atoms with van der Waals surface area (Å²) in [5.74, 6) is -7.02. The summed E-state index contributed by atoms with van der Waals surface area (Å²) in [5, 5.41) is 56.9. The summed E-state index contributed by atoms with van der Waals surface area (Å²) in [6, 6.07) is -2.72. The molecule has 0 aliphatic carbocycles. The van der Waals surface area contributed by atoms with Crippen LogP contribution in [0.3, 0.4) is 0 Å². The zero-order valence-corrected chi connectivity index (χ0v) is 23.2. The molecule has 1 rings (SSSR count). The highest BCUT2D eigenvalue weighted by Gasteiger charge is 2.35. The predicted octanol–water partition coefficient (Wildman–Crippen LogP) is -4.70. The smallest absolute Gasteiger partial charge is 0.328 e. The van der Waals surface area contributed by atoms with Crippen LogP contribution in [0.15, 0.2) is 24.3 Å². The van der Waals surface area contributed by atoms with Crippen molar-refractivity contribution in [1.82, 2.24) is 21.3 Å². The third-order valence-electron chi connectivity index (χ3n) is 5.98. The summed E-state index contributed by atoms with van der Waals surface area (Å²) in [6.07, 6.45) is -5.40. The first-order valence-corrected chi connectivity index (χ1v) is 12.7. The van der Waals surface area contributed by atoms with Crippen molar-refractivity contribution in [2.24, 2.45) is 11.5 Å². The van der Waals surface area contributed by atoms with E-state index in [0.29, 0.717) is 5.56 Å². The van der Waals surface area contributed by atoms with Gasteiger partial charge in [-0.05, 0) is 38.5 Å². The fraction of sp³-hybridized carbons (Fsp3) is 0.520. The van der Waals surface area contributed by atoms with Gasteiger partial charge in [-0.3, -0.25) is 24.0 Å². The van der Waals surface area contributed by atoms with E-state index in [1.54, 1.807) is 0 Å². The van der Waals surface area contributed by atoms with Crippen LogP contribution in [-0.2, 0) is 35.2 Å². The van der Waals surface area contributed by atoms with Gasteiger partial charge in [-0.1, -0.05) is 12.1 Å². The summed E-state index contributed by atoms with van der Waals surface area (Å²) in [5.41, 5.74) is 11.2. The molecule has 8 atom stereocenters. The van der Waals surface area contributed by atoms with Gasteiger partial charge in [-0.2, -0.15) is 0 Å². The molecule has 17 heteroatoms. The van der Waals surface area contributed by atoms with Gasteiger partial charge in [0, 0.05) is 6.42 Å². The Morgan fingerprint density at radius 3 is 1.64 bits per heavy atom. The maximum absolute atomic E-state index is 13.2. The quantitative estimate of drug-likeness (QED) is 0.0855. The number of hydrogen-bond donors (Lipinski definition) is 11. The highest BCUT2D eigenvalue weighted by Crippen LogP contribution is 2.12. The minimum Gasteiger partial charge on any atom is -0.508 e. The molecule has 0 aliphatic heterocycles. The average Bonchev–Trinajstić information content (AvgIpc) is 2.88. The summed E-state index contributed by atoms with van der Waals surface area (Å²) >= 11 is 0. The number of nitrogens with two attached hydrogens (primary N) is 2. The Labute approximate surface area is 240 Å². The molecule has 17 nitrogen and oxygen atoms in total. The molecule has 5 amide bonds. The summed E-state index contributed by atoms with van der Waals surface area (Å²) in [4.78, 5) is 74.6. The Balaban J connectivity index is 3.26. The number of phenolic OH excluding ortho intramolecular Hbond substituents is 1. The van der Waals surface area contributed by atoms with Gasteiger partial charge in [0.15, 0.2) is 6.04 Å². The van der Waals surface area contributed by atoms with Crippen molar-refractivity contribution in [2.45, 2.75) is 82.1 Å². The number of carboxylic acid groups (broad SMARTS) is 1. The number of carbonyl (C=O) groups is 6. The number of carboxylic acids is 1. The van der Waals surface area contributed by atoms with Crippen LogP contribution in [0.5, 0.6) is 5.75 Å². The molecule has 0 spiro atoms. The van der Waals surface area contributed by atoms with Crippen LogP contribution < -0.4 is 32.7 Å². The molecule has 0 saturated heterocycles. The van der Waals surface area contributed by atoms with Crippen LogP contribution in [-0.4, -0.2) is 110 Å². The number of phenols is 1. The van der Waals surface area contributed by atoms with E-state index in [4.69, 9.17) is 11.5 Å². The molecule has 1 aromatic rings. The first-order valence-electron chi connectivity index (χ1n) is 12.7. The molecule has 234 valence electrons. The number of carbonyl (C=O) groups excluding carboxylic acids is 5. The SMILES string of the molecule is CC(O)C(N)C(=O)NC(C(=O)NC(CC(N)=O)C(=O)NC(Cc1ccc(O)cc1)C(=O)NC(C(=O)O)C(C)O)C(C)O. The molecule has 42 heavy (non-hydrogen) atoms. The van der Waals surface area contributed by atoms with Crippen molar-refractivity contribution in [3.63, 3.8) is 0 Å². The molecule has 0 fully saturated rings. The fourth-order valence-electron chi connectivity index (χ4n) is 3.54. The molecule has 0 saturated carbocycles. The molecule has 1 aromatic carbocycles. The number of aliphatic hydroxyl groups is 3. The van der Waals surface area contributed by atoms with Crippen molar-refractivity contribution in [1.29, 1.82) is 0 Å². The van der Waals surface area contributed by atoms with Gasteiger partial charge in [0.1, 0.15) is 29.9 Å². The van der Waals surface area contributed by atoms with E-state index in [-0.39, 0.29) is 12.2 Å². The van der Waals surface area contributed by atoms with Crippen molar-refractivity contribution in [3.8, 4) is 5.75 Å². The monoisotopic (exact) mass is 598 g/mol. The third-order valence-corrected chi connectivity index (χ3v) is 5.98. The van der Waals surface area contributed by atoms with Gasteiger partial charge in [0.05, 0.1) is 24.7 Å². The zero-order valence-electron chi connectivity index (χ0n) is 23.2. The minimum absolute atomic E-state index is 0.0952. The number of aromatic hydroxyl groups is 1. The van der Waals surface area contributed by atoms with E-state index in [9.17, 15) is 54.3 Å². The van der Waals surface area contributed by atoms with Crippen molar-refractivity contribution in [3.05, 3.63) is 29.8 Å². The maximum Gasteiger partial charge on any atom is 0.328 e. The van der Waals surface area contributed by atoms with Gasteiger partial charge in [0.2, 0.25) is 29.5 Å². The van der Waals surface area contributed by atoms with E-state index in [0.717, 1.165) is 13.8 Å². The highest BCUT2D eigenvalue weighted by atomic mass is 16.4. The largest absolute Gasteiger partial charge is 0.508 e. The van der Waals surface area contributed by atoms with E-state index < -0.39 is 90.4 Å². The minimum atomic E-state index is -1.75. The third kappa shape index (κ3) is 11.3. The lowest BCUT2D eigenvalue weighted by Crippen LogP contribution is -2.62. The van der Waals surface area contributed by atoms with E-state index >= 15 is 0 Å². The van der Waals surface area contributed by atoms with Gasteiger partial charge in [0.25, 0.3) is 0 Å². The van der Waals surface area contributed by atoms with Gasteiger partial charge < -0.3 is 58.3 Å². The molecule has 0 radical (unpaired) electrons. The fourth-order valence-corrected chi connectivity index (χ4v) is 3.54. The first-order chi connectivity index (χ1) is 19.4. The average molecular weight is 599 g/mol. The maximum atomic E-state index is 13.2. The second-order valence-electron chi connectivity index (χ2n) is 9.72. The number of aliphatic carboxylic acids is 1. The van der Waals surface area contributed by atoms with Crippen molar-refractivity contribution in [2.75, 3.05) is 0 Å². The lowest BCUT2D eigenvalue weighted by molar-refractivity contribution is -0.145. The molecule has 0 aliphatic rings. The van der Waals surface area contributed by atoms with Gasteiger partial charge in [-0.15, -0.1) is 0 Å². The number of hydrogen-bond acceptors (Lipinski definition) is 11. The number of nitrogens with one attached hydrogen (secondary N) is 4. The van der Waals surface area contributed by atoms with E-state index in [1.807, 2.05) is 0 Å². The van der Waals surface area contributed by atoms with Crippen molar-refractivity contribution < 1.29 is 54.3 Å². The number of rotatable bonds is 16. The number of primary amides is 1. The predicted molar refractivity (Wildman–Crippen MR) is 144 cm³/mol. The Kier molecular flexibility index (Phi) is 13.8. The lowest BCUT2D eigenvalue weighted by atomic mass is 10.0. The van der Waals surface area contributed by atoms with Crippen LogP contribution in [0.25, 0.3) is 0 Å². The second-order valence-corrected chi connectivity index (χ2v) is 9.72. The Bertz CT molecular complexity index is 1130. The number of benzene rings is 1. The molecule has 0 heterocycles. The van der Waals surface area contributed by atoms with Crippen LogP contribution >= 0.6 is 0 Å². The molecule has 0 bridgehead atoms.